The van der Waals surface area contributed by atoms with E-state index in [-0.39, 0.29) is 11.3 Å². The Balaban J connectivity index is 2.86. The summed E-state index contributed by atoms with van der Waals surface area (Å²) in [7, 11) is 2.94. The zero-order valence-electron chi connectivity index (χ0n) is 9.93. The van der Waals surface area contributed by atoms with Crippen LogP contribution in [-0.2, 0) is 0 Å². The minimum atomic E-state index is -1.06. The van der Waals surface area contributed by atoms with E-state index in [0.717, 1.165) is 0 Å². The number of hydrogen-bond donors (Lipinski definition) is 2. The summed E-state index contributed by atoms with van der Waals surface area (Å²) in [4.78, 5) is 11.1. The Labute approximate surface area is 103 Å². The van der Waals surface area contributed by atoms with E-state index >= 15 is 0 Å². The molecule has 0 fully saturated rings. The molecule has 0 unspecified atom stereocenters. The zero-order chi connectivity index (χ0) is 13.3. The molecule has 0 aliphatic heterocycles. The van der Waals surface area contributed by atoms with Crippen LogP contribution < -0.4 is 9.47 Å². The Hall–Kier alpha value is -2.43. The second kappa shape index (κ2) is 4.44. The molecule has 0 bridgehead atoms. The van der Waals surface area contributed by atoms with Crippen LogP contribution in [0.3, 0.4) is 0 Å². The number of benzene rings is 2. The number of phenols is 1. The molecule has 2 aromatic carbocycles. The molecule has 5 heteroatoms. The van der Waals surface area contributed by atoms with E-state index in [1.165, 1.54) is 32.4 Å². The van der Waals surface area contributed by atoms with Gasteiger partial charge in [-0.1, -0.05) is 0 Å². The highest BCUT2D eigenvalue weighted by Gasteiger charge is 2.15. The molecule has 0 heterocycles. The average molecular weight is 248 g/mol. The van der Waals surface area contributed by atoms with Gasteiger partial charge in [-0.3, -0.25) is 0 Å². The first-order chi connectivity index (χ1) is 8.58. The molecule has 0 aliphatic rings. The predicted octanol–water partition coefficient (Wildman–Crippen LogP) is 2.26. The van der Waals surface area contributed by atoms with Gasteiger partial charge in [-0.25, -0.2) is 4.79 Å². The Bertz CT molecular complexity index is 618. The molecule has 2 N–H and O–H groups in total. The molecule has 0 saturated heterocycles. The lowest BCUT2D eigenvalue weighted by Crippen LogP contribution is -1.98. The van der Waals surface area contributed by atoms with Crippen molar-refractivity contribution in [3.63, 3.8) is 0 Å². The van der Waals surface area contributed by atoms with Crippen LogP contribution in [0.25, 0.3) is 10.8 Å². The van der Waals surface area contributed by atoms with E-state index in [4.69, 9.17) is 14.6 Å². The Morgan fingerprint density at radius 3 is 2.11 bits per heavy atom. The highest BCUT2D eigenvalue weighted by molar-refractivity contribution is 6.06. The lowest BCUT2D eigenvalue weighted by atomic mass is 10.0. The maximum absolute atomic E-state index is 11.1. The molecule has 0 aliphatic carbocycles. The number of carbonyl (C=O) groups is 1. The highest BCUT2D eigenvalue weighted by Crippen LogP contribution is 2.37. The van der Waals surface area contributed by atoms with Crippen LogP contribution in [0.15, 0.2) is 24.3 Å². The quantitative estimate of drug-likeness (QED) is 0.871. The molecule has 0 saturated carbocycles. The van der Waals surface area contributed by atoms with Crippen molar-refractivity contribution in [1.29, 1.82) is 0 Å². The summed E-state index contributed by atoms with van der Waals surface area (Å²) in [6, 6.07) is 5.79. The summed E-state index contributed by atoms with van der Waals surface area (Å²) in [6.07, 6.45) is 0. The fraction of sp³-hybridized carbons (Fsp3) is 0.154. The smallest absolute Gasteiger partial charge is 0.336 e. The first-order valence-electron chi connectivity index (χ1n) is 5.19. The molecular weight excluding hydrogens is 236 g/mol. The SMILES string of the molecule is COc1cc2c(O)ccc(C(=O)O)c2cc1OC. The van der Waals surface area contributed by atoms with Gasteiger partial charge < -0.3 is 19.7 Å². The molecule has 0 amide bonds. The zero-order valence-corrected chi connectivity index (χ0v) is 9.93. The first-order valence-corrected chi connectivity index (χ1v) is 5.19. The normalized spacial score (nSPS) is 10.3. The summed E-state index contributed by atoms with van der Waals surface area (Å²) >= 11 is 0. The molecule has 0 atom stereocenters. The fourth-order valence-corrected chi connectivity index (χ4v) is 1.84. The van der Waals surface area contributed by atoms with Gasteiger partial charge >= 0.3 is 5.97 Å². The number of aromatic hydroxyl groups is 1. The molecule has 2 rings (SSSR count). The molecule has 0 spiro atoms. The monoisotopic (exact) mass is 248 g/mol. The van der Waals surface area contributed by atoms with Crippen LogP contribution in [0.5, 0.6) is 17.2 Å². The number of carboxylic acid groups (broad SMARTS) is 1. The van der Waals surface area contributed by atoms with Gasteiger partial charge in [0.05, 0.1) is 19.8 Å². The number of ether oxygens (including phenoxy) is 2. The summed E-state index contributed by atoms with van der Waals surface area (Å²) in [5.41, 5.74) is 0.101. The van der Waals surface area contributed by atoms with Gasteiger partial charge in [-0.2, -0.15) is 0 Å². The van der Waals surface area contributed by atoms with Crippen LogP contribution >= 0.6 is 0 Å². The number of fused-ring (bicyclic) bond motifs is 1. The van der Waals surface area contributed by atoms with Gasteiger partial charge in [-0.05, 0) is 24.3 Å². The van der Waals surface area contributed by atoms with Crippen LogP contribution in [0.1, 0.15) is 10.4 Å². The number of aromatic carboxylic acids is 1. The van der Waals surface area contributed by atoms with Crippen molar-refractivity contribution < 1.29 is 24.5 Å². The third-order valence-corrected chi connectivity index (χ3v) is 2.73. The van der Waals surface area contributed by atoms with Crippen molar-refractivity contribution >= 4 is 16.7 Å². The highest BCUT2D eigenvalue weighted by atomic mass is 16.5. The van der Waals surface area contributed by atoms with E-state index in [9.17, 15) is 9.90 Å². The molecule has 0 radical (unpaired) electrons. The summed E-state index contributed by atoms with van der Waals surface area (Å²) in [6.45, 7) is 0. The Morgan fingerprint density at radius 1 is 1.06 bits per heavy atom. The van der Waals surface area contributed by atoms with Gasteiger partial charge in [0, 0.05) is 10.8 Å². The second-order valence-corrected chi connectivity index (χ2v) is 3.69. The van der Waals surface area contributed by atoms with Crippen molar-refractivity contribution in [2.75, 3.05) is 14.2 Å². The third-order valence-electron chi connectivity index (χ3n) is 2.73. The molecule has 0 aromatic heterocycles. The van der Waals surface area contributed by atoms with Crippen molar-refractivity contribution in [3.05, 3.63) is 29.8 Å². The van der Waals surface area contributed by atoms with Gasteiger partial charge in [0.2, 0.25) is 0 Å². The second-order valence-electron chi connectivity index (χ2n) is 3.69. The third kappa shape index (κ3) is 1.79. The lowest BCUT2D eigenvalue weighted by Gasteiger charge is -2.11. The topological polar surface area (TPSA) is 76.0 Å². The first kappa shape index (κ1) is 12.0. The van der Waals surface area contributed by atoms with Crippen LogP contribution in [0.2, 0.25) is 0 Å². The van der Waals surface area contributed by atoms with E-state index in [2.05, 4.69) is 0 Å². The number of rotatable bonds is 3. The lowest BCUT2D eigenvalue weighted by molar-refractivity contribution is 0.0699. The predicted molar refractivity (Wildman–Crippen MR) is 65.7 cm³/mol. The molecule has 94 valence electrons. The largest absolute Gasteiger partial charge is 0.507 e. The average Bonchev–Trinajstić information content (AvgIpc) is 2.37. The fourth-order valence-electron chi connectivity index (χ4n) is 1.84. The van der Waals surface area contributed by atoms with Gasteiger partial charge in [-0.15, -0.1) is 0 Å². The molecule has 5 nitrogen and oxygen atoms in total. The van der Waals surface area contributed by atoms with Crippen LogP contribution in [0, 0.1) is 0 Å². The van der Waals surface area contributed by atoms with Crippen LogP contribution in [0.4, 0.5) is 0 Å². The maximum Gasteiger partial charge on any atom is 0.336 e. The minimum absolute atomic E-state index is 0.00375. The Kier molecular flexibility index (Phi) is 2.97. The summed E-state index contributed by atoms with van der Waals surface area (Å²) in [5, 5.41) is 19.7. The minimum Gasteiger partial charge on any atom is -0.507 e. The number of hydrogen-bond acceptors (Lipinski definition) is 4. The molecule has 2 aromatic rings. The summed E-state index contributed by atoms with van der Waals surface area (Å²) in [5.74, 6) is -0.218. The van der Waals surface area contributed by atoms with E-state index in [1.807, 2.05) is 0 Å². The van der Waals surface area contributed by atoms with E-state index in [1.54, 1.807) is 6.07 Å². The van der Waals surface area contributed by atoms with Crippen molar-refractivity contribution in [3.8, 4) is 17.2 Å². The van der Waals surface area contributed by atoms with Gasteiger partial charge in [0.25, 0.3) is 0 Å². The molecular formula is C13H12O5. The maximum atomic E-state index is 11.1. The Morgan fingerprint density at radius 2 is 1.61 bits per heavy atom. The standard InChI is InChI=1S/C13H12O5/c1-17-11-5-8-7(13(15)16)3-4-10(14)9(8)6-12(11)18-2/h3-6,14H,1-2H3,(H,15,16). The van der Waals surface area contributed by atoms with E-state index < -0.39 is 5.97 Å². The summed E-state index contributed by atoms with van der Waals surface area (Å²) < 4.78 is 10.2. The van der Waals surface area contributed by atoms with E-state index in [0.29, 0.717) is 22.3 Å². The van der Waals surface area contributed by atoms with Crippen molar-refractivity contribution in [1.82, 2.24) is 0 Å². The van der Waals surface area contributed by atoms with Gasteiger partial charge in [0.1, 0.15) is 5.75 Å². The number of phenolic OH excluding ortho intramolecular Hbond substituents is 1. The molecule has 18 heavy (non-hydrogen) atoms. The number of methoxy groups -OCH3 is 2. The van der Waals surface area contributed by atoms with Gasteiger partial charge in [0.15, 0.2) is 11.5 Å². The van der Waals surface area contributed by atoms with Crippen molar-refractivity contribution in [2.45, 2.75) is 0 Å². The number of carboxylic acids is 1. The van der Waals surface area contributed by atoms with Crippen molar-refractivity contribution in [2.24, 2.45) is 0 Å². The van der Waals surface area contributed by atoms with Crippen LogP contribution in [-0.4, -0.2) is 30.4 Å².